The summed E-state index contributed by atoms with van der Waals surface area (Å²) in [6.45, 7) is 1.28. The van der Waals surface area contributed by atoms with Crippen LogP contribution in [0.5, 0.6) is 0 Å². The van der Waals surface area contributed by atoms with Crippen LogP contribution in [0.1, 0.15) is 12.8 Å². The summed E-state index contributed by atoms with van der Waals surface area (Å²) in [5.74, 6) is 0.434. The topological polar surface area (TPSA) is 92.7 Å². The van der Waals surface area contributed by atoms with E-state index in [1.807, 2.05) is 0 Å². The van der Waals surface area contributed by atoms with Crippen molar-refractivity contribution in [1.29, 1.82) is 0 Å². The van der Waals surface area contributed by atoms with E-state index in [1.165, 1.54) is 18.9 Å². The zero-order valence-corrected chi connectivity index (χ0v) is 12.2. The van der Waals surface area contributed by atoms with Gasteiger partial charge in [0.05, 0.1) is 13.0 Å². The van der Waals surface area contributed by atoms with Crippen LogP contribution in [0.4, 0.5) is 0 Å². The summed E-state index contributed by atoms with van der Waals surface area (Å²) in [7, 11) is 1.33. The molecule has 2 aliphatic heterocycles. The monoisotopic (exact) mass is 301 g/mol. The maximum absolute atomic E-state index is 11.7. The van der Waals surface area contributed by atoms with Crippen molar-refractivity contribution in [2.45, 2.75) is 24.9 Å². The molecule has 2 fully saturated rings. The lowest BCUT2D eigenvalue weighted by molar-refractivity contribution is -0.144. The molecule has 3 atom stereocenters. The molecule has 2 aliphatic rings. The van der Waals surface area contributed by atoms with Crippen molar-refractivity contribution in [2.75, 3.05) is 31.8 Å². The van der Waals surface area contributed by atoms with E-state index in [1.54, 1.807) is 9.80 Å². The highest BCUT2D eigenvalue weighted by atomic mass is 32.2. The third-order valence-corrected chi connectivity index (χ3v) is 4.59. The van der Waals surface area contributed by atoms with Crippen LogP contribution in [-0.2, 0) is 19.1 Å². The third-order valence-electron chi connectivity index (χ3n) is 3.55. The standard InChI is InChI=1S/C12H19N3O4S/c1-19-12(18)9(15-5-8(15)11(13)17)6-20-7-14-4-2-3-10(14)16/h8-9H,2-7H2,1H3,(H2,13,17). The molecule has 0 radical (unpaired) electrons. The van der Waals surface area contributed by atoms with E-state index >= 15 is 0 Å². The second kappa shape index (κ2) is 6.45. The lowest BCUT2D eigenvalue weighted by atomic mass is 10.3. The fourth-order valence-electron chi connectivity index (χ4n) is 2.30. The van der Waals surface area contributed by atoms with Gasteiger partial charge in [0.15, 0.2) is 0 Å². The Morgan fingerprint density at radius 2 is 2.30 bits per heavy atom. The summed E-state index contributed by atoms with van der Waals surface area (Å²) >= 11 is 1.50. The Hall–Kier alpha value is -1.28. The average Bonchev–Trinajstić information content (AvgIpc) is 3.11. The lowest BCUT2D eigenvalue weighted by Gasteiger charge is -2.19. The van der Waals surface area contributed by atoms with Gasteiger partial charge in [-0.1, -0.05) is 0 Å². The number of hydrogen-bond acceptors (Lipinski definition) is 6. The normalized spacial score (nSPS) is 26.4. The van der Waals surface area contributed by atoms with Crippen molar-refractivity contribution in [2.24, 2.45) is 5.73 Å². The van der Waals surface area contributed by atoms with Crippen LogP contribution in [0, 0.1) is 0 Å². The highest BCUT2D eigenvalue weighted by Crippen LogP contribution is 2.25. The molecule has 2 N–H and O–H groups in total. The second-order valence-corrected chi connectivity index (χ2v) is 5.91. The van der Waals surface area contributed by atoms with E-state index in [0.29, 0.717) is 24.6 Å². The Bertz CT molecular complexity index is 418. The van der Waals surface area contributed by atoms with Gasteiger partial charge >= 0.3 is 5.97 Å². The van der Waals surface area contributed by atoms with Crippen LogP contribution in [-0.4, -0.2) is 71.5 Å². The van der Waals surface area contributed by atoms with Crippen molar-refractivity contribution in [3.63, 3.8) is 0 Å². The Morgan fingerprint density at radius 3 is 2.80 bits per heavy atom. The van der Waals surface area contributed by atoms with Gasteiger partial charge < -0.3 is 15.4 Å². The van der Waals surface area contributed by atoms with Crippen LogP contribution in [0.2, 0.25) is 0 Å². The highest BCUT2D eigenvalue weighted by molar-refractivity contribution is 7.99. The molecular formula is C12H19N3O4S. The summed E-state index contributed by atoms with van der Waals surface area (Å²) in [6, 6.07) is -0.840. The number of carbonyl (C=O) groups excluding carboxylic acids is 3. The second-order valence-electron chi connectivity index (χ2n) is 4.91. The number of carbonyl (C=O) groups is 3. The summed E-state index contributed by atoms with van der Waals surface area (Å²) < 4.78 is 4.76. The summed E-state index contributed by atoms with van der Waals surface area (Å²) in [5, 5.41) is 0. The van der Waals surface area contributed by atoms with Gasteiger partial charge in [0.1, 0.15) is 12.1 Å². The molecule has 2 rings (SSSR count). The predicted octanol–water partition coefficient (Wildman–Crippen LogP) is -0.989. The van der Waals surface area contributed by atoms with E-state index in [0.717, 1.165) is 13.0 Å². The number of nitrogens with two attached hydrogens (primary N) is 1. The fraction of sp³-hybridized carbons (Fsp3) is 0.750. The van der Waals surface area contributed by atoms with Gasteiger partial charge in [-0.15, -0.1) is 11.8 Å². The number of amides is 2. The Balaban J connectivity index is 1.81. The highest BCUT2D eigenvalue weighted by Gasteiger charge is 2.46. The van der Waals surface area contributed by atoms with Crippen LogP contribution in [0.15, 0.2) is 0 Å². The molecule has 0 aromatic rings. The summed E-state index contributed by atoms with van der Waals surface area (Å²) in [6.07, 6.45) is 1.51. The van der Waals surface area contributed by atoms with Gasteiger partial charge in [0.25, 0.3) is 0 Å². The molecule has 2 heterocycles. The van der Waals surface area contributed by atoms with Crippen molar-refractivity contribution < 1.29 is 19.1 Å². The number of ether oxygens (including phenoxy) is 1. The number of methoxy groups -OCH3 is 1. The number of likely N-dealkylation sites (tertiary alicyclic amines) is 1. The summed E-state index contributed by atoms with van der Waals surface area (Å²) in [5.41, 5.74) is 5.22. The minimum atomic E-state index is -0.472. The molecule has 8 heteroatoms. The molecule has 0 saturated carbocycles. The maximum atomic E-state index is 11.7. The lowest BCUT2D eigenvalue weighted by Crippen LogP contribution is -2.37. The molecule has 3 unspecified atom stereocenters. The van der Waals surface area contributed by atoms with Crippen molar-refractivity contribution >= 4 is 29.5 Å². The SMILES string of the molecule is COC(=O)C(CSCN1CCCC1=O)N1CC1C(N)=O. The smallest absolute Gasteiger partial charge is 0.323 e. The van der Waals surface area contributed by atoms with E-state index in [2.05, 4.69) is 0 Å². The van der Waals surface area contributed by atoms with E-state index < -0.39 is 11.9 Å². The van der Waals surface area contributed by atoms with Crippen LogP contribution >= 0.6 is 11.8 Å². The van der Waals surface area contributed by atoms with Crippen molar-refractivity contribution in [3.8, 4) is 0 Å². The number of esters is 1. The quantitative estimate of drug-likeness (QED) is 0.479. The molecule has 112 valence electrons. The first-order chi connectivity index (χ1) is 9.54. The molecule has 0 bridgehead atoms. The van der Waals surface area contributed by atoms with E-state index in [4.69, 9.17) is 10.5 Å². The predicted molar refractivity (Wildman–Crippen MR) is 73.8 cm³/mol. The first-order valence-corrected chi connectivity index (χ1v) is 7.68. The Morgan fingerprint density at radius 1 is 1.55 bits per heavy atom. The average molecular weight is 301 g/mol. The third kappa shape index (κ3) is 3.43. The molecule has 7 nitrogen and oxygen atoms in total. The molecule has 2 saturated heterocycles. The number of rotatable bonds is 7. The van der Waals surface area contributed by atoms with Gasteiger partial charge in [-0.2, -0.15) is 0 Å². The minimum Gasteiger partial charge on any atom is -0.468 e. The molecule has 20 heavy (non-hydrogen) atoms. The molecule has 0 aromatic carbocycles. The zero-order chi connectivity index (χ0) is 14.7. The fourth-order valence-corrected chi connectivity index (χ4v) is 3.45. The molecule has 0 aromatic heterocycles. The van der Waals surface area contributed by atoms with Crippen molar-refractivity contribution in [1.82, 2.24) is 9.80 Å². The first-order valence-electron chi connectivity index (χ1n) is 6.53. The summed E-state index contributed by atoms with van der Waals surface area (Å²) in [4.78, 5) is 37.8. The van der Waals surface area contributed by atoms with Gasteiger partial charge in [0.2, 0.25) is 11.8 Å². The Kier molecular flexibility index (Phi) is 4.87. The van der Waals surface area contributed by atoms with Crippen LogP contribution in [0.3, 0.4) is 0 Å². The number of thioether (sulfide) groups is 1. The number of primary amides is 1. The van der Waals surface area contributed by atoms with E-state index in [-0.39, 0.29) is 17.9 Å². The minimum absolute atomic E-state index is 0.161. The van der Waals surface area contributed by atoms with Gasteiger partial charge in [-0.25, -0.2) is 0 Å². The van der Waals surface area contributed by atoms with Gasteiger partial charge in [-0.3, -0.25) is 19.3 Å². The van der Waals surface area contributed by atoms with Crippen molar-refractivity contribution in [3.05, 3.63) is 0 Å². The maximum Gasteiger partial charge on any atom is 0.323 e. The van der Waals surface area contributed by atoms with E-state index in [9.17, 15) is 14.4 Å². The van der Waals surface area contributed by atoms with Gasteiger partial charge in [-0.05, 0) is 6.42 Å². The molecule has 2 amide bonds. The molecule has 0 aliphatic carbocycles. The first kappa shape index (κ1) is 15.1. The number of nitrogens with zero attached hydrogens (tertiary/aromatic N) is 2. The largest absolute Gasteiger partial charge is 0.468 e. The Labute approximate surface area is 121 Å². The molecule has 0 spiro atoms. The number of hydrogen-bond donors (Lipinski definition) is 1. The molecular weight excluding hydrogens is 282 g/mol. The van der Waals surface area contributed by atoms with Crippen LogP contribution < -0.4 is 5.73 Å². The zero-order valence-electron chi connectivity index (χ0n) is 11.4. The van der Waals surface area contributed by atoms with Crippen LogP contribution in [0.25, 0.3) is 0 Å². The van der Waals surface area contributed by atoms with Gasteiger partial charge in [0, 0.05) is 25.3 Å².